The molecule has 113 heavy (non-hydrogen) atoms. The highest BCUT2D eigenvalue weighted by molar-refractivity contribution is 7.80. The average Bonchev–Trinajstić information content (AvgIpc) is 0.853. The van der Waals surface area contributed by atoms with Crippen molar-refractivity contribution in [3.8, 4) is 0 Å². The van der Waals surface area contributed by atoms with Crippen LogP contribution in [0.1, 0.15) is 168 Å². The molecule has 0 aromatic rings. The van der Waals surface area contributed by atoms with Crippen molar-refractivity contribution >= 4 is 125 Å². The fourth-order valence-electron chi connectivity index (χ4n) is 11.3. The number of primary amides is 1. The van der Waals surface area contributed by atoms with E-state index >= 15 is 14.4 Å². The Morgan fingerprint density at radius 1 is 0.310 bits per heavy atom. The van der Waals surface area contributed by atoms with Crippen molar-refractivity contribution < 1.29 is 62.2 Å². The Hall–Kier alpha value is -10.4. The molecular weight excluding hydrogens is 1490 g/mol. The molecule has 0 aliphatic rings. The summed E-state index contributed by atoms with van der Waals surface area (Å²) in [5, 5.41) is 14.0. The molecule has 0 heterocycles. The molecule has 39 N–H and O–H groups in total. The third-order valence-corrected chi connectivity index (χ3v) is 17.8. The molecule has 0 radical (unpaired) electrons. The van der Waals surface area contributed by atoms with E-state index in [0.29, 0.717) is 19.4 Å². The largest absolute Gasteiger partial charge is 0.379 e. The molecule has 0 aliphatic heterocycles. The van der Waals surface area contributed by atoms with Gasteiger partial charge in [0.1, 0.15) is 5.78 Å². The number of hydrogen-bond acceptors (Lipinski definition) is 22. The number of aliphatic imine (C=N–C) groups is 8. The van der Waals surface area contributed by atoms with Gasteiger partial charge < -0.3 is 134 Å². The summed E-state index contributed by atoms with van der Waals surface area (Å²) in [5.41, 5.74) is 94.4. The van der Waals surface area contributed by atoms with Crippen LogP contribution >= 0.6 is 12.6 Å². The first-order chi connectivity index (χ1) is 53.3. The summed E-state index contributed by atoms with van der Waals surface area (Å²) in [7, 11) is 0. The van der Waals surface area contributed by atoms with Crippen LogP contribution in [0, 0.1) is 35.0 Å². The molecule has 0 bridgehead atoms. The van der Waals surface area contributed by atoms with E-state index in [4.69, 9.17) is 107 Å². The van der Waals surface area contributed by atoms with Gasteiger partial charge in [0.05, 0.1) is 49.9 Å². The second-order valence-electron chi connectivity index (χ2n) is 28.1. The van der Waals surface area contributed by atoms with Gasteiger partial charge in [0.25, 0.3) is 0 Å². The number of hydrogen-bond donors (Lipinski definition) is 23. The molecule has 0 saturated heterocycles. The molecule has 0 aromatic heterocycles. The third kappa shape index (κ3) is 52.5. The second kappa shape index (κ2) is 59.4. The summed E-state index contributed by atoms with van der Waals surface area (Å²) in [6, 6.07) is -5.32. The lowest BCUT2D eigenvalue weighted by Gasteiger charge is -2.27. The van der Waals surface area contributed by atoms with E-state index in [0.717, 1.165) is 0 Å². The Labute approximate surface area is 666 Å². The van der Waals surface area contributed by atoms with E-state index in [-0.39, 0.29) is 254 Å². The van der Waals surface area contributed by atoms with Crippen molar-refractivity contribution in [2.45, 2.75) is 193 Å². The topological polar surface area (TPSA) is 808 Å². The summed E-state index contributed by atoms with van der Waals surface area (Å²) in [4.78, 5) is 189. The van der Waals surface area contributed by atoms with Crippen LogP contribution in [0.5, 0.6) is 0 Å². The van der Waals surface area contributed by atoms with Crippen molar-refractivity contribution in [1.29, 1.82) is 0 Å². The van der Waals surface area contributed by atoms with Crippen LogP contribution in [0.15, 0.2) is 39.9 Å². The number of ketones is 5. The van der Waals surface area contributed by atoms with Crippen LogP contribution in [0.2, 0.25) is 0 Å². The van der Waals surface area contributed by atoms with Crippen molar-refractivity contribution in [3.05, 3.63) is 0 Å². The molecule has 9 atom stereocenters. The first-order valence-electron chi connectivity index (χ1n) is 37.9. The Morgan fingerprint density at radius 3 is 0.788 bits per heavy atom. The minimum Gasteiger partial charge on any atom is -0.379 e. The lowest BCUT2D eigenvalue weighted by atomic mass is 9.83. The predicted molar refractivity (Wildman–Crippen MR) is 439 cm³/mol. The van der Waals surface area contributed by atoms with Crippen molar-refractivity contribution in [2.75, 3.05) is 91.1 Å². The van der Waals surface area contributed by atoms with Gasteiger partial charge in [-0.2, -0.15) is 12.6 Å². The van der Waals surface area contributed by atoms with Gasteiger partial charge in [-0.15, -0.1) is 0 Å². The Bertz CT molecular complexity index is 3210. The van der Waals surface area contributed by atoms with Crippen LogP contribution in [0.25, 0.3) is 0 Å². The zero-order valence-corrected chi connectivity index (χ0v) is 66.9. The average molecular weight is 1620 g/mol. The van der Waals surface area contributed by atoms with E-state index in [2.05, 4.69) is 79.2 Å². The molecule has 6 amide bonds. The van der Waals surface area contributed by atoms with Gasteiger partial charge in [-0.3, -0.25) is 92.7 Å². The summed E-state index contributed by atoms with van der Waals surface area (Å²) >= 11 is 4.36. The number of nitrogens with one attached hydrogen (secondary N) is 5. The van der Waals surface area contributed by atoms with E-state index in [1.165, 1.54) is 0 Å². The molecule has 0 aromatic carbocycles. The van der Waals surface area contributed by atoms with Gasteiger partial charge in [0.15, 0.2) is 70.8 Å². The van der Waals surface area contributed by atoms with Crippen molar-refractivity contribution in [1.82, 2.24) is 26.6 Å². The lowest BCUT2D eigenvalue weighted by molar-refractivity contribution is -0.136. The molecular formula is C69H132N30O13S. The van der Waals surface area contributed by atoms with Crippen LogP contribution in [-0.4, -0.2) is 227 Å². The first kappa shape index (κ1) is 103. The number of carbonyl (C=O) groups is 11. The number of carbonyl (C=O) groups excluding carboxylic acids is 11. The highest BCUT2D eigenvalue weighted by Crippen LogP contribution is 2.26. The number of rotatable bonds is 66. The first-order valence-corrected chi connectivity index (χ1v) is 38.5. The van der Waals surface area contributed by atoms with E-state index in [1.54, 1.807) is 20.8 Å². The maximum absolute atomic E-state index is 15.1. The normalized spacial score (nSPS) is 13.4. The Balaban J connectivity index is 7.81. The standard InChI is InChI=1S/C69H132N30O13S/c1-69(2,3)54(104)39-44(16-7-25-91-64(77)78)60(110)99-48(19-10-28-94-67(83)84)52(102)37-42(14-5-23-89-62(73)74)58(108)97-46(17-8-26-92-65(79)80)50(100)35-41(13-4-22-88-61(71)72)57(107)96-47(18-9-27-93-66(81)82)51(101)36-43(15-6-24-90-63(75)76)59(109)98-49(20-11-29-95-68(85)86)53(103)38-45(40-113)56(106)87-30-32-112-34-33-111-31-12-21-55(70)105/h41-49,113H,4-40H2,1-3H3,(H2,70,105)(H,87,106)(H,96,107)(H,97,108)(H,98,109)(H,99,110)(H4,71,72,88)(H4,73,74,89)(H4,75,76,90)(H4,77,78,91)(H4,79,80,92)(H4,81,82,93)(H4,83,84,94)(H4,85,86,95)/t41-,42-,43-,44-,45+,46+,47+,48+,49+/m0/s1. The summed E-state index contributed by atoms with van der Waals surface area (Å²) in [6.07, 6.45) is -0.723. The van der Waals surface area contributed by atoms with Gasteiger partial charge >= 0.3 is 0 Å². The number of guanidine groups is 8. The van der Waals surface area contributed by atoms with Crippen LogP contribution in [-0.2, 0) is 62.2 Å². The molecule has 642 valence electrons. The quantitative estimate of drug-likeness (QED) is 0.0117. The fraction of sp³-hybridized carbons (Fsp3) is 0.725. The lowest BCUT2D eigenvalue weighted by Crippen LogP contribution is -2.49. The highest BCUT2D eigenvalue weighted by atomic mass is 32.1. The number of ether oxygens (including phenoxy) is 2. The Morgan fingerprint density at radius 2 is 0.549 bits per heavy atom. The van der Waals surface area contributed by atoms with Crippen LogP contribution in [0.3, 0.4) is 0 Å². The predicted octanol–water partition coefficient (Wildman–Crippen LogP) is -6.38. The number of amides is 6. The van der Waals surface area contributed by atoms with Crippen molar-refractivity contribution in [3.63, 3.8) is 0 Å². The molecule has 0 unspecified atom stereocenters. The zero-order valence-electron chi connectivity index (χ0n) is 66.0. The highest BCUT2D eigenvalue weighted by Gasteiger charge is 2.37. The molecule has 0 rings (SSSR count). The van der Waals surface area contributed by atoms with Crippen LogP contribution in [0.4, 0.5) is 0 Å². The van der Waals surface area contributed by atoms with Gasteiger partial charge in [0.2, 0.25) is 35.4 Å². The summed E-state index contributed by atoms with van der Waals surface area (Å²) in [6.45, 7) is 6.23. The van der Waals surface area contributed by atoms with E-state index < -0.39 is 137 Å². The molecule has 44 heteroatoms. The minimum atomic E-state index is -1.40. The maximum Gasteiger partial charge on any atom is 0.224 e. The van der Waals surface area contributed by atoms with E-state index in [9.17, 15) is 38.4 Å². The molecule has 0 saturated carbocycles. The molecule has 0 spiro atoms. The smallest absolute Gasteiger partial charge is 0.224 e. The number of Topliss-reactive ketones (excluding diaryl/α,β-unsaturated/α-hetero) is 5. The Kier molecular flexibility index (Phi) is 53.9. The monoisotopic (exact) mass is 1620 g/mol. The zero-order chi connectivity index (χ0) is 85.4. The number of nitrogens with zero attached hydrogens (tertiary/aromatic N) is 8. The molecule has 0 aliphatic carbocycles. The van der Waals surface area contributed by atoms with Crippen LogP contribution < -0.4 is 124 Å². The van der Waals surface area contributed by atoms with Gasteiger partial charge in [-0.05, 0) is 109 Å². The van der Waals surface area contributed by atoms with E-state index in [1.807, 2.05) is 0 Å². The van der Waals surface area contributed by atoms with Gasteiger partial charge in [-0.25, -0.2) is 0 Å². The van der Waals surface area contributed by atoms with Gasteiger partial charge in [-0.1, -0.05) is 20.8 Å². The fourth-order valence-corrected chi connectivity index (χ4v) is 11.6. The van der Waals surface area contributed by atoms with Gasteiger partial charge in [0, 0.05) is 139 Å². The SMILES string of the molecule is CC(C)(C)C(=O)C[C@H](CCCN=C(N)N)C(=O)N[C@H](CCCN=C(N)N)C(=O)C[C@H](CCCN=C(N)N)C(=O)N[C@H](CCCN=C(N)N)C(=O)C[C@H](CCCN=C(N)N)C(=O)N[C@H](CCCN=C(N)N)C(=O)C[C@H](CCCN=C(N)N)C(=O)N[C@H](CCCN=C(N)N)C(=O)C[C@H](CS)C(=O)NCCOCCOCCCC(N)=O. The summed E-state index contributed by atoms with van der Waals surface area (Å²) in [5.74, 6) is -14.4. The third-order valence-electron chi connectivity index (χ3n) is 17.4. The minimum absolute atomic E-state index is 0.0106. The maximum atomic E-state index is 15.1. The van der Waals surface area contributed by atoms with Crippen molar-refractivity contribution in [2.24, 2.45) is 172 Å². The molecule has 0 fully saturated rings. The number of thiol groups is 1. The number of nitrogens with two attached hydrogens (primary N) is 17. The second-order valence-corrected chi connectivity index (χ2v) is 28.5. The summed E-state index contributed by atoms with van der Waals surface area (Å²) < 4.78 is 10.9. The molecule has 43 nitrogen and oxygen atoms in total.